The first-order valence-electron chi connectivity index (χ1n) is 6.49. The highest BCUT2D eigenvalue weighted by atomic mass is 16.4. The molecule has 0 aliphatic rings. The molecule has 1 aromatic rings. The monoisotopic (exact) mass is 293 g/mol. The van der Waals surface area contributed by atoms with Gasteiger partial charge in [0.1, 0.15) is 6.04 Å². The van der Waals surface area contributed by atoms with Gasteiger partial charge in [0, 0.05) is 20.0 Å². The van der Waals surface area contributed by atoms with E-state index in [2.05, 4.69) is 5.32 Å². The van der Waals surface area contributed by atoms with Gasteiger partial charge in [0.2, 0.25) is 5.91 Å². The molecule has 0 spiro atoms. The number of carbonyl (C=O) groups excluding carboxylic acids is 2. The molecule has 4 N–H and O–H groups in total. The van der Waals surface area contributed by atoms with E-state index in [0.717, 1.165) is 0 Å². The molecule has 0 aliphatic carbocycles. The smallest absolute Gasteiger partial charge is 0.313 e. The number of carbonyl (C=O) groups is 3. The molecule has 21 heavy (non-hydrogen) atoms. The van der Waals surface area contributed by atoms with Crippen molar-refractivity contribution >= 4 is 17.9 Å². The number of benzene rings is 1. The molecular formula is C14H19N3O4. The minimum Gasteiger partial charge on any atom is -0.481 e. The predicted molar refractivity (Wildman–Crippen MR) is 76.4 cm³/mol. The Balaban J connectivity index is 2.76. The second-order valence-corrected chi connectivity index (χ2v) is 4.61. The van der Waals surface area contributed by atoms with Crippen molar-refractivity contribution in [3.05, 3.63) is 35.9 Å². The average Bonchev–Trinajstić information content (AvgIpc) is 2.44. The Hall–Kier alpha value is -2.57. The highest BCUT2D eigenvalue weighted by Gasteiger charge is 2.24. The maximum atomic E-state index is 12.4. The Bertz CT molecular complexity index is 504. The molecule has 0 bridgehead atoms. The molecule has 0 radical (unpaired) electrons. The lowest BCUT2D eigenvalue weighted by molar-refractivity contribution is -0.138. The van der Waals surface area contributed by atoms with E-state index in [4.69, 9.17) is 10.8 Å². The Labute approximate surface area is 122 Å². The highest BCUT2D eigenvalue weighted by molar-refractivity contribution is 5.87. The van der Waals surface area contributed by atoms with E-state index in [1.807, 2.05) is 0 Å². The van der Waals surface area contributed by atoms with Crippen LogP contribution in [-0.2, 0) is 9.59 Å². The quantitative estimate of drug-likeness (QED) is 0.687. The molecule has 0 aromatic heterocycles. The third-order valence-corrected chi connectivity index (χ3v) is 2.93. The summed E-state index contributed by atoms with van der Waals surface area (Å²) >= 11 is 0. The van der Waals surface area contributed by atoms with Crippen molar-refractivity contribution in [2.45, 2.75) is 18.9 Å². The van der Waals surface area contributed by atoms with Crippen LogP contribution in [-0.4, -0.2) is 41.5 Å². The van der Waals surface area contributed by atoms with Gasteiger partial charge < -0.3 is 21.1 Å². The Morgan fingerprint density at radius 3 is 2.43 bits per heavy atom. The molecule has 0 aliphatic heterocycles. The number of aliphatic carboxylic acids is 1. The van der Waals surface area contributed by atoms with Crippen LogP contribution in [0.3, 0.4) is 0 Å². The fraction of sp³-hybridized carbons (Fsp3) is 0.357. The molecule has 114 valence electrons. The molecule has 1 aromatic carbocycles. The number of rotatable bonds is 7. The number of carboxylic acids is 1. The van der Waals surface area contributed by atoms with Crippen LogP contribution in [0.1, 0.15) is 24.4 Å². The number of carboxylic acid groups (broad SMARTS) is 1. The van der Waals surface area contributed by atoms with Gasteiger partial charge in [-0.25, -0.2) is 4.79 Å². The second-order valence-electron chi connectivity index (χ2n) is 4.61. The molecular weight excluding hydrogens is 274 g/mol. The van der Waals surface area contributed by atoms with Crippen LogP contribution < -0.4 is 11.1 Å². The van der Waals surface area contributed by atoms with E-state index in [1.54, 1.807) is 37.4 Å². The van der Waals surface area contributed by atoms with Crippen LogP contribution in [0.25, 0.3) is 0 Å². The van der Waals surface area contributed by atoms with E-state index in [9.17, 15) is 14.4 Å². The summed E-state index contributed by atoms with van der Waals surface area (Å²) in [5.74, 6) is -1.25. The summed E-state index contributed by atoms with van der Waals surface area (Å²) in [6.45, 7) is 0.287. The standard InChI is InChI=1S/C14H19N3O4/c1-17(9-5-8-11(18)19)13(20)12(16-14(15)21)10-6-3-2-4-7-10/h2-4,6-7,12H,5,8-9H2,1H3,(H,18,19)(H3,15,16,21). The van der Waals surface area contributed by atoms with E-state index < -0.39 is 18.0 Å². The number of nitrogens with two attached hydrogens (primary N) is 1. The van der Waals surface area contributed by atoms with E-state index in [1.165, 1.54) is 4.90 Å². The van der Waals surface area contributed by atoms with Gasteiger partial charge in [-0.1, -0.05) is 30.3 Å². The van der Waals surface area contributed by atoms with E-state index in [-0.39, 0.29) is 18.9 Å². The molecule has 1 unspecified atom stereocenters. The second kappa shape index (κ2) is 7.88. The van der Waals surface area contributed by atoms with Gasteiger partial charge in [0.15, 0.2) is 0 Å². The van der Waals surface area contributed by atoms with Gasteiger partial charge in [-0.3, -0.25) is 9.59 Å². The summed E-state index contributed by atoms with van der Waals surface area (Å²) in [7, 11) is 1.56. The minimum atomic E-state index is -0.911. The lowest BCUT2D eigenvalue weighted by Crippen LogP contribution is -2.43. The number of likely N-dealkylation sites (N-methyl/N-ethyl adjacent to an activating group) is 1. The van der Waals surface area contributed by atoms with Crippen LogP contribution in [0.2, 0.25) is 0 Å². The average molecular weight is 293 g/mol. The summed E-state index contributed by atoms with van der Waals surface area (Å²) in [6, 6.07) is 7.06. The number of hydrogen-bond donors (Lipinski definition) is 3. The summed E-state index contributed by atoms with van der Waals surface area (Å²) in [4.78, 5) is 35.3. The SMILES string of the molecule is CN(CCCC(=O)O)C(=O)C(NC(N)=O)c1ccccc1. The Kier molecular flexibility index (Phi) is 6.19. The van der Waals surface area contributed by atoms with E-state index in [0.29, 0.717) is 12.0 Å². The fourth-order valence-electron chi connectivity index (χ4n) is 1.87. The van der Waals surface area contributed by atoms with Crippen molar-refractivity contribution in [1.82, 2.24) is 10.2 Å². The number of nitrogens with zero attached hydrogens (tertiary/aromatic N) is 1. The lowest BCUT2D eigenvalue weighted by Gasteiger charge is -2.24. The molecule has 1 atom stereocenters. The maximum absolute atomic E-state index is 12.4. The lowest BCUT2D eigenvalue weighted by atomic mass is 10.1. The molecule has 0 saturated carbocycles. The van der Waals surface area contributed by atoms with Crippen LogP contribution in [0, 0.1) is 0 Å². The molecule has 7 heteroatoms. The van der Waals surface area contributed by atoms with Crippen molar-refractivity contribution in [3.8, 4) is 0 Å². The predicted octanol–water partition coefficient (Wildman–Crippen LogP) is 0.719. The number of primary amides is 1. The van der Waals surface area contributed by atoms with Crippen molar-refractivity contribution < 1.29 is 19.5 Å². The molecule has 0 saturated heterocycles. The number of amides is 3. The van der Waals surface area contributed by atoms with Gasteiger partial charge in [0.25, 0.3) is 0 Å². The molecule has 3 amide bonds. The number of urea groups is 1. The number of hydrogen-bond acceptors (Lipinski definition) is 3. The van der Waals surface area contributed by atoms with Gasteiger partial charge in [-0.05, 0) is 12.0 Å². The summed E-state index contributed by atoms with van der Waals surface area (Å²) in [6.07, 6.45) is 0.326. The first-order chi connectivity index (χ1) is 9.91. The van der Waals surface area contributed by atoms with Crippen molar-refractivity contribution in [2.75, 3.05) is 13.6 Å². The largest absolute Gasteiger partial charge is 0.481 e. The normalized spacial score (nSPS) is 11.5. The summed E-state index contributed by atoms with van der Waals surface area (Å²) in [5, 5.41) is 11.0. The zero-order valence-corrected chi connectivity index (χ0v) is 11.8. The van der Waals surface area contributed by atoms with Crippen molar-refractivity contribution in [2.24, 2.45) is 5.73 Å². The first-order valence-corrected chi connectivity index (χ1v) is 6.49. The summed E-state index contributed by atoms with van der Waals surface area (Å²) in [5.41, 5.74) is 5.73. The summed E-state index contributed by atoms with van der Waals surface area (Å²) < 4.78 is 0. The third-order valence-electron chi connectivity index (χ3n) is 2.93. The Morgan fingerprint density at radius 2 is 1.90 bits per heavy atom. The van der Waals surface area contributed by atoms with Crippen LogP contribution in [0.4, 0.5) is 4.79 Å². The van der Waals surface area contributed by atoms with Crippen LogP contribution >= 0.6 is 0 Å². The first kappa shape index (κ1) is 16.5. The van der Waals surface area contributed by atoms with Crippen LogP contribution in [0.15, 0.2) is 30.3 Å². The van der Waals surface area contributed by atoms with E-state index >= 15 is 0 Å². The van der Waals surface area contributed by atoms with Gasteiger partial charge in [-0.15, -0.1) is 0 Å². The molecule has 0 fully saturated rings. The van der Waals surface area contributed by atoms with Gasteiger partial charge in [0.05, 0.1) is 0 Å². The third kappa shape index (κ3) is 5.52. The fourth-order valence-corrected chi connectivity index (χ4v) is 1.87. The molecule has 0 heterocycles. The van der Waals surface area contributed by atoms with Crippen LogP contribution in [0.5, 0.6) is 0 Å². The zero-order valence-electron chi connectivity index (χ0n) is 11.8. The minimum absolute atomic E-state index is 0.0170. The highest BCUT2D eigenvalue weighted by Crippen LogP contribution is 2.15. The number of nitrogens with one attached hydrogen (secondary N) is 1. The maximum Gasteiger partial charge on any atom is 0.313 e. The van der Waals surface area contributed by atoms with Gasteiger partial charge in [-0.2, -0.15) is 0 Å². The van der Waals surface area contributed by atoms with Gasteiger partial charge >= 0.3 is 12.0 Å². The Morgan fingerprint density at radius 1 is 1.29 bits per heavy atom. The molecule has 7 nitrogen and oxygen atoms in total. The van der Waals surface area contributed by atoms with Crippen molar-refractivity contribution in [3.63, 3.8) is 0 Å². The molecule has 1 rings (SSSR count). The van der Waals surface area contributed by atoms with Crippen molar-refractivity contribution in [1.29, 1.82) is 0 Å². The zero-order chi connectivity index (χ0) is 15.8. The topological polar surface area (TPSA) is 113 Å².